The zero-order valence-corrected chi connectivity index (χ0v) is 8.07. The fourth-order valence-corrected chi connectivity index (χ4v) is 1.29. The van der Waals surface area contributed by atoms with Crippen molar-refractivity contribution in [3.05, 3.63) is 32.7 Å². The molecule has 0 unspecified atom stereocenters. The lowest BCUT2D eigenvalue weighted by molar-refractivity contribution is 0.562. The lowest BCUT2D eigenvalue weighted by Gasteiger charge is -1.95. The van der Waals surface area contributed by atoms with Crippen LogP contribution < -0.4 is 0 Å². The summed E-state index contributed by atoms with van der Waals surface area (Å²) >= 11 is 6.49. The van der Waals surface area contributed by atoms with Gasteiger partial charge in [0.2, 0.25) is 6.29 Å². The van der Waals surface area contributed by atoms with Crippen molar-refractivity contribution in [1.29, 1.82) is 0 Å². The van der Waals surface area contributed by atoms with Crippen LogP contribution in [0.4, 0.5) is 0 Å². The van der Waals surface area contributed by atoms with Crippen LogP contribution in [-0.4, -0.2) is 6.29 Å². The minimum atomic E-state index is 0.536. The molecular formula is C7H3Br2O. The van der Waals surface area contributed by atoms with E-state index in [1.807, 2.05) is 12.4 Å². The first-order valence-electron chi connectivity index (χ1n) is 2.58. The molecule has 0 aliphatic heterocycles. The van der Waals surface area contributed by atoms with Gasteiger partial charge in [-0.2, -0.15) is 0 Å². The van der Waals surface area contributed by atoms with Crippen LogP contribution in [0, 0.1) is 0 Å². The average molecular weight is 263 g/mol. The molecule has 0 atom stereocenters. The summed E-state index contributed by atoms with van der Waals surface area (Å²) in [6.45, 7) is 0. The average Bonchev–Trinajstić information content (AvgIpc) is 1.95. The third-order valence-electron chi connectivity index (χ3n) is 1.06. The molecule has 1 nitrogen and oxygen atoms in total. The van der Waals surface area contributed by atoms with Gasteiger partial charge in [-0.05, 0) is 44.0 Å². The van der Waals surface area contributed by atoms with Gasteiger partial charge in [-0.25, -0.2) is 0 Å². The van der Waals surface area contributed by atoms with Gasteiger partial charge in [0.15, 0.2) is 0 Å². The molecule has 0 fully saturated rings. The summed E-state index contributed by atoms with van der Waals surface area (Å²) in [7, 11) is 0. The Kier molecular flexibility index (Phi) is 2.63. The predicted molar refractivity (Wildman–Crippen MR) is 46.6 cm³/mol. The topological polar surface area (TPSA) is 17.1 Å². The van der Waals surface area contributed by atoms with E-state index in [0.717, 1.165) is 8.95 Å². The molecule has 0 spiro atoms. The fraction of sp³-hybridized carbons (Fsp3) is 0. The molecule has 1 aromatic carbocycles. The molecule has 0 aliphatic carbocycles. The number of rotatable bonds is 1. The molecule has 51 valence electrons. The van der Waals surface area contributed by atoms with Gasteiger partial charge in [-0.3, -0.25) is 4.79 Å². The first kappa shape index (κ1) is 7.95. The summed E-state index contributed by atoms with van der Waals surface area (Å²) in [6.07, 6.45) is 1.81. The first-order chi connectivity index (χ1) is 4.75. The van der Waals surface area contributed by atoms with Gasteiger partial charge >= 0.3 is 0 Å². The highest BCUT2D eigenvalue weighted by Crippen LogP contribution is 2.24. The maximum Gasteiger partial charge on any atom is 0.234 e. The Balaban J connectivity index is 3.27. The smallest absolute Gasteiger partial charge is 0.234 e. The van der Waals surface area contributed by atoms with Gasteiger partial charge in [0.1, 0.15) is 0 Å². The Morgan fingerprint density at radius 1 is 1.30 bits per heavy atom. The number of hydrogen-bond acceptors (Lipinski definition) is 1. The zero-order chi connectivity index (χ0) is 7.56. The van der Waals surface area contributed by atoms with E-state index in [9.17, 15) is 4.79 Å². The van der Waals surface area contributed by atoms with Crippen molar-refractivity contribution in [1.82, 2.24) is 0 Å². The van der Waals surface area contributed by atoms with Gasteiger partial charge < -0.3 is 0 Å². The molecule has 0 saturated carbocycles. The van der Waals surface area contributed by atoms with Crippen molar-refractivity contribution in [3.63, 3.8) is 0 Å². The summed E-state index contributed by atoms with van der Waals surface area (Å²) in [5, 5.41) is 0. The summed E-state index contributed by atoms with van der Waals surface area (Å²) in [6, 6.07) is 5.34. The van der Waals surface area contributed by atoms with Crippen LogP contribution in [0.1, 0.15) is 5.56 Å². The molecule has 3 heteroatoms. The zero-order valence-electron chi connectivity index (χ0n) is 4.90. The summed E-state index contributed by atoms with van der Waals surface area (Å²) in [4.78, 5) is 10.2. The standard InChI is InChI=1S/C7H3Br2O/c8-6-3-1-2-5(4-10)7(6)9/h1-3H. The van der Waals surface area contributed by atoms with Gasteiger partial charge in [0, 0.05) is 14.5 Å². The van der Waals surface area contributed by atoms with Crippen molar-refractivity contribution < 1.29 is 4.79 Å². The molecule has 0 N–H and O–H groups in total. The number of hydrogen-bond donors (Lipinski definition) is 0. The number of halogens is 2. The molecular weight excluding hydrogens is 260 g/mol. The van der Waals surface area contributed by atoms with Crippen LogP contribution in [0.15, 0.2) is 27.1 Å². The van der Waals surface area contributed by atoms with Crippen molar-refractivity contribution in [3.8, 4) is 0 Å². The summed E-state index contributed by atoms with van der Waals surface area (Å²) in [5.74, 6) is 0. The van der Waals surface area contributed by atoms with Crippen LogP contribution >= 0.6 is 31.9 Å². The van der Waals surface area contributed by atoms with E-state index in [-0.39, 0.29) is 0 Å². The van der Waals surface area contributed by atoms with Gasteiger partial charge in [-0.1, -0.05) is 6.07 Å². The highest BCUT2D eigenvalue weighted by atomic mass is 79.9. The molecule has 1 radical (unpaired) electrons. The Labute approximate surface area is 75.7 Å². The first-order valence-corrected chi connectivity index (χ1v) is 4.16. The molecule has 0 saturated heterocycles. The molecule has 1 aromatic rings. The van der Waals surface area contributed by atoms with Crippen molar-refractivity contribution in [2.24, 2.45) is 0 Å². The lowest BCUT2D eigenvalue weighted by atomic mass is 10.2. The highest BCUT2D eigenvalue weighted by molar-refractivity contribution is 9.13. The van der Waals surface area contributed by atoms with Gasteiger partial charge in [0.05, 0.1) is 0 Å². The van der Waals surface area contributed by atoms with E-state index >= 15 is 0 Å². The van der Waals surface area contributed by atoms with Crippen molar-refractivity contribution in [2.75, 3.05) is 0 Å². The molecule has 0 bridgehead atoms. The van der Waals surface area contributed by atoms with Crippen molar-refractivity contribution in [2.45, 2.75) is 0 Å². The quantitative estimate of drug-likeness (QED) is 0.761. The Morgan fingerprint density at radius 3 is 2.50 bits per heavy atom. The van der Waals surface area contributed by atoms with Gasteiger partial charge in [0.25, 0.3) is 0 Å². The van der Waals surface area contributed by atoms with Crippen LogP contribution in [0.3, 0.4) is 0 Å². The Bertz CT molecular complexity index is 258. The van der Waals surface area contributed by atoms with Crippen LogP contribution in [0.2, 0.25) is 0 Å². The van der Waals surface area contributed by atoms with Gasteiger partial charge in [-0.15, -0.1) is 0 Å². The molecule has 10 heavy (non-hydrogen) atoms. The highest BCUT2D eigenvalue weighted by Gasteiger charge is 2.00. The minimum absolute atomic E-state index is 0.536. The fourth-order valence-electron chi connectivity index (χ4n) is 0.583. The second-order valence-electron chi connectivity index (χ2n) is 1.70. The van der Waals surface area contributed by atoms with E-state index in [1.54, 1.807) is 12.1 Å². The van der Waals surface area contributed by atoms with E-state index in [4.69, 9.17) is 0 Å². The monoisotopic (exact) mass is 261 g/mol. The maximum absolute atomic E-state index is 10.2. The third kappa shape index (κ3) is 1.47. The van der Waals surface area contributed by atoms with E-state index in [2.05, 4.69) is 31.9 Å². The molecule has 0 heterocycles. The second kappa shape index (κ2) is 3.30. The maximum atomic E-state index is 10.2. The lowest BCUT2D eigenvalue weighted by Crippen LogP contribution is -1.81. The molecule has 1 rings (SSSR count). The SMILES string of the molecule is O=[C]c1cccc(Br)c1Br. The van der Waals surface area contributed by atoms with Crippen LogP contribution in [-0.2, 0) is 4.79 Å². The predicted octanol–water partition coefficient (Wildman–Crippen LogP) is 2.67. The van der Waals surface area contributed by atoms with Crippen molar-refractivity contribution >= 4 is 38.1 Å². The largest absolute Gasteiger partial charge is 0.285 e. The summed E-state index contributed by atoms with van der Waals surface area (Å²) in [5.41, 5.74) is 0.536. The normalized spacial score (nSPS) is 9.40. The van der Waals surface area contributed by atoms with Crippen LogP contribution in [0.25, 0.3) is 0 Å². The number of carbonyl (C=O) groups excluding carboxylic acids is 1. The van der Waals surface area contributed by atoms with E-state index in [0.29, 0.717) is 5.56 Å². The summed E-state index contributed by atoms with van der Waals surface area (Å²) < 4.78 is 1.62. The molecule has 0 amide bonds. The number of benzene rings is 1. The molecule has 0 aromatic heterocycles. The minimum Gasteiger partial charge on any atom is -0.285 e. The molecule has 0 aliphatic rings. The second-order valence-corrected chi connectivity index (χ2v) is 3.35. The Hall–Kier alpha value is -0.150. The third-order valence-corrected chi connectivity index (χ3v) is 3.11. The van der Waals surface area contributed by atoms with Crippen LogP contribution in [0.5, 0.6) is 0 Å². The van der Waals surface area contributed by atoms with E-state index in [1.165, 1.54) is 0 Å². The van der Waals surface area contributed by atoms with E-state index < -0.39 is 0 Å². The Morgan fingerprint density at radius 2 is 2.00 bits per heavy atom.